The van der Waals surface area contributed by atoms with Gasteiger partial charge in [0.05, 0.1) is 12.1 Å². The Morgan fingerprint density at radius 2 is 2.27 bits per heavy atom. The van der Waals surface area contributed by atoms with Gasteiger partial charge in [0, 0.05) is 5.69 Å². The highest BCUT2D eigenvalue weighted by molar-refractivity contribution is 6.32. The van der Waals surface area contributed by atoms with Crippen LogP contribution in [0.2, 0.25) is 5.02 Å². The van der Waals surface area contributed by atoms with Crippen molar-refractivity contribution in [1.82, 2.24) is 0 Å². The number of nitrogens with two attached hydrogens (primary N) is 1. The Morgan fingerprint density at radius 3 is 2.73 bits per heavy atom. The van der Waals surface area contributed by atoms with Crippen molar-refractivity contribution < 1.29 is 9.53 Å². The van der Waals surface area contributed by atoms with Crippen molar-refractivity contribution in [3.05, 3.63) is 23.2 Å². The Balaban J connectivity index is 2.79. The predicted molar refractivity (Wildman–Crippen MR) is 60.3 cm³/mol. The summed E-state index contributed by atoms with van der Waals surface area (Å²) in [6, 6.07) is 4.73. The third-order valence-corrected chi connectivity index (χ3v) is 2.26. The maximum atomic E-state index is 10.8. The molecule has 1 rings (SSSR count). The first-order chi connectivity index (χ1) is 7.04. The number of carbonyl (C=O) groups is 1. The van der Waals surface area contributed by atoms with Crippen molar-refractivity contribution in [2.24, 2.45) is 5.73 Å². The first-order valence-electron chi connectivity index (χ1n) is 4.44. The third kappa shape index (κ3) is 3.02. The van der Waals surface area contributed by atoms with E-state index in [1.54, 1.807) is 32.2 Å². The van der Waals surface area contributed by atoms with E-state index >= 15 is 0 Å². The summed E-state index contributed by atoms with van der Waals surface area (Å²) in [5.41, 5.74) is 5.85. The fraction of sp³-hybridized carbons (Fsp3) is 0.300. The first-order valence-corrected chi connectivity index (χ1v) is 4.81. The summed E-state index contributed by atoms with van der Waals surface area (Å²) in [6.45, 7) is 1.68. The summed E-state index contributed by atoms with van der Waals surface area (Å²) in [5.74, 6) is 0.177. The van der Waals surface area contributed by atoms with Gasteiger partial charge in [-0.15, -0.1) is 0 Å². The minimum atomic E-state index is -0.436. The quantitative estimate of drug-likeness (QED) is 0.824. The molecule has 0 aliphatic carbocycles. The lowest BCUT2D eigenvalue weighted by Crippen LogP contribution is -2.32. The van der Waals surface area contributed by atoms with Crippen LogP contribution in [0.3, 0.4) is 0 Å². The summed E-state index contributed by atoms with van der Waals surface area (Å²) < 4.78 is 5.00. The molecule has 0 aromatic heterocycles. The Morgan fingerprint density at radius 1 is 1.60 bits per heavy atom. The number of methoxy groups -OCH3 is 1. The number of primary amides is 1. The van der Waals surface area contributed by atoms with Gasteiger partial charge < -0.3 is 15.8 Å². The third-order valence-electron chi connectivity index (χ3n) is 1.96. The highest BCUT2D eigenvalue weighted by atomic mass is 35.5. The summed E-state index contributed by atoms with van der Waals surface area (Å²) in [5, 5.41) is 3.40. The van der Waals surface area contributed by atoms with E-state index in [1.807, 2.05) is 0 Å². The number of ether oxygens (including phenoxy) is 1. The van der Waals surface area contributed by atoms with Crippen molar-refractivity contribution >= 4 is 23.2 Å². The highest BCUT2D eigenvalue weighted by Crippen LogP contribution is 2.27. The number of hydrogen-bond acceptors (Lipinski definition) is 3. The van der Waals surface area contributed by atoms with Crippen molar-refractivity contribution in [2.75, 3.05) is 12.4 Å². The largest absolute Gasteiger partial charge is 0.495 e. The lowest BCUT2D eigenvalue weighted by atomic mass is 10.2. The molecule has 0 heterocycles. The van der Waals surface area contributed by atoms with E-state index in [9.17, 15) is 4.79 Å². The molecule has 0 aliphatic rings. The number of nitrogens with one attached hydrogen (secondary N) is 1. The molecule has 0 radical (unpaired) electrons. The Labute approximate surface area is 93.4 Å². The van der Waals surface area contributed by atoms with Crippen molar-refractivity contribution in [2.45, 2.75) is 13.0 Å². The van der Waals surface area contributed by atoms with E-state index in [-0.39, 0.29) is 0 Å². The number of carbonyl (C=O) groups excluding carboxylic acids is 1. The average molecular weight is 229 g/mol. The maximum absolute atomic E-state index is 10.8. The number of rotatable bonds is 4. The molecule has 0 aliphatic heterocycles. The minimum Gasteiger partial charge on any atom is -0.495 e. The van der Waals surface area contributed by atoms with Crippen LogP contribution in [0.4, 0.5) is 5.69 Å². The van der Waals surface area contributed by atoms with Crippen LogP contribution in [0.5, 0.6) is 5.75 Å². The molecule has 0 saturated heterocycles. The molecule has 3 N–H and O–H groups in total. The first kappa shape index (κ1) is 11.7. The number of amides is 1. The van der Waals surface area contributed by atoms with Crippen LogP contribution in [0.1, 0.15) is 6.92 Å². The molecule has 1 unspecified atom stereocenters. The lowest BCUT2D eigenvalue weighted by Gasteiger charge is -2.12. The Hall–Kier alpha value is -1.42. The average Bonchev–Trinajstić information content (AvgIpc) is 2.18. The summed E-state index contributed by atoms with van der Waals surface area (Å²) in [6.07, 6.45) is 0. The van der Waals surface area contributed by atoms with Crippen LogP contribution in [0.15, 0.2) is 18.2 Å². The van der Waals surface area contributed by atoms with Crippen LogP contribution < -0.4 is 15.8 Å². The van der Waals surface area contributed by atoms with Gasteiger partial charge in [-0.3, -0.25) is 4.79 Å². The maximum Gasteiger partial charge on any atom is 0.239 e. The van der Waals surface area contributed by atoms with Gasteiger partial charge in [-0.25, -0.2) is 0 Å². The molecule has 0 spiro atoms. The van der Waals surface area contributed by atoms with E-state index in [2.05, 4.69) is 5.32 Å². The molecule has 15 heavy (non-hydrogen) atoms. The van der Waals surface area contributed by atoms with Gasteiger partial charge in [0.2, 0.25) is 5.91 Å². The van der Waals surface area contributed by atoms with Crippen molar-refractivity contribution in [1.29, 1.82) is 0 Å². The topological polar surface area (TPSA) is 64.3 Å². The van der Waals surface area contributed by atoms with E-state index in [0.717, 1.165) is 5.69 Å². The van der Waals surface area contributed by atoms with Gasteiger partial charge >= 0.3 is 0 Å². The zero-order chi connectivity index (χ0) is 11.4. The molecule has 1 aromatic rings. The number of halogens is 1. The molecule has 1 atom stereocenters. The standard InChI is InChI=1S/C10H13ClN2O2/c1-6(10(12)14)13-7-3-4-9(15-2)8(11)5-7/h3-6,13H,1-2H3,(H2,12,14). The zero-order valence-electron chi connectivity index (χ0n) is 8.58. The molecule has 4 nitrogen and oxygen atoms in total. The number of benzene rings is 1. The normalized spacial score (nSPS) is 11.9. The van der Waals surface area contributed by atoms with Crippen LogP contribution in [-0.2, 0) is 4.79 Å². The van der Waals surface area contributed by atoms with E-state index < -0.39 is 11.9 Å². The van der Waals surface area contributed by atoms with Crippen LogP contribution in [0.25, 0.3) is 0 Å². The van der Waals surface area contributed by atoms with Gasteiger partial charge in [0.1, 0.15) is 11.8 Å². The molecule has 82 valence electrons. The minimum absolute atomic E-state index is 0.415. The van der Waals surface area contributed by atoms with Gasteiger partial charge in [0.15, 0.2) is 0 Å². The molecule has 0 saturated carbocycles. The Kier molecular flexibility index (Phi) is 3.80. The predicted octanol–water partition coefficient (Wildman–Crippen LogP) is 1.63. The van der Waals surface area contributed by atoms with Crippen molar-refractivity contribution in [3.63, 3.8) is 0 Å². The second-order valence-electron chi connectivity index (χ2n) is 3.12. The van der Waals surface area contributed by atoms with Gasteiger partial charge in [-0.05, 0) is 25.1 Å². The molecule has 0 bridgehead atoms. The van der Waals surface area contributed by atoms with E-state index in [4.69, 9.17) is 22.1 Å². The molecule has 1 aromatic carbocycles. The smallest absolute Gasteiger partial charge is 0.239 e. The summed E-state index contributed by atoms with van der Waals surface area (Å²) >= 11 is 5.91. The molecular formula is C10H13ClN2O2. The van der Waals surface area contributed by atoms with Gasteiger partial charge in [-0.1, -0.05) is 11.6 Å². The van der Waals surface area contributed by atoms with E-state index in [1.165, 1.54) is 0 Å². The number of anilines is 1. The molecular weight excluding hydrogens is 216 g/mol. The lowest BCUT2D eigenvalue weighted by molar-refractivity contribution is -0.118. The van der Waals surface area contributed by atoms with E-state index in [0.29, 0.717) is 10.8 Å². The second kappa shape index (κ2) is 4.89. The van der Waals surface area contributed by atoms with Gasteiger partial charge in [0.25, 0.3) is 0 Å². The van der Waals surface area contributed by atoms with Crippen LogP contribution in [0, 0.1) is 0 Å². The van der Waals surface area contributed by atoms with Crippen molar-refractivity contribution in [3.8, 4) is 5.75 Å². The monoisotopic (exact) mass is 228 g/mol. The summed E-state index contributed by atoms with van der Waals surface area (Å²) in [4.78, 5) is 10.8. The number of hydrogen-bond donors (Lipinski definition) is 2. The molecule has 0 fully saturated rings. The SMILES string of the molecule is COc1ccc(NC(C)C(N)=O)cc1Cl. The highest BCUT2D eigenvalue weighted by Gasteiger charge is 2.09. The summed E-state index contributed by atoms with van der Waals surface area (Å²) in [7, 11) is 1.54. The van der Waals surface area contributed by atoms with Crippen LogP contribution in [-0.4, -0.2) is 19.1 Å². The van der Waals surface area contributed by atoms with Crippen LogP contribution >= 0.6 is 11.6 Å². The molecule has 1 amide bonds. The second-order valence-corrected chi connectivity index (χ2v) is 3.52. The fourth-order valence-electron chi connectivity index (χ4n) is 1.08. The zero-order valence-corrected chi connectivity index (χ0v) is 9.34. The fourth-order valence-corrected chi connectivity index (χ4v) is 1.33. The molecule has 5 heteroatoms. The Bertz CT molecular complexity index is 368. The van der Waals surface area contributed by atoms with Gasteiger partial charge in [-0.2, -0.15) is 0 Å².